The van der Waals surface area contributed by atoms with E-state index in [2.05, 4.69) is 20.8 Å². The Kier molecular flexibility index (Phi) is 6.77. The molecule has 1 aromatic carbocycles. The molecule has 4 rings (SSSR count). The van der Waals surface area contributed by atoms with Crippen molar-refractivity contribution in [3.63, 3.8) is 0 Å². The molecule has 0 bridgehead atoms. The van der Waals surface area contributed by atoms with Crippen molar-refractivity contribution in [2.75, 3.05) is 33.3 Å². The van der Waals surface area contributed by atoms with Gasteiger partial charge in [-0.1, -0.05) is 12.8 Å². The molecule has 1 aromatic heterocycles. The van der Waals surface area contributed by atoms with Gasteiger partial charge >= 0.3 is 0 Å². The molecule has 156 valence electrons. The minimum Gasteiger partial charge on any atom is -0.493 e. The highest BCUT2D eigenvalue weighted by molar-refractivity contribution is 9.11. The van der Waals surface area contributed by atoms with Crippen molar-refractivity contribution in [3.8, 4) is 11.5 Å². The fourth-order valence-electron chi connectivity index (χ4n) is 4.24. The van der Waals surface area contributed by atoms with Crippen molar-refractivity contribution in [2.45, 2.75) is 38.3 Å². The lowest BCUT2D eigenvalue weighted by atomic mass is 10.1. The Morgan fingerprint density at radius 2 is 1.86 bits per heavy atom. The van der Waals surface area contributed by atoms with E-state index in [-0.39, 0.29) is 5.91 Å². The van der Waals surface area contributed by atoms with Crippen LogP contribution in [0, 0.1) is 0 Å². The van der Waals surface area contributed by atoms with E-state index in [4.69, 9.17) is 9.47 Å². The number of hydrogen-bond donors (Lipinski definition) is 0. The molecular weight excluding hydrogens is 452 g/mol. The van der Waals surface area contributed by atoms with Gasteiger partial charge in [-0.05, 0) is 59.1 Å². The highest BCUT2D eigenvalue weighted by Gasteiger charge is 2.28. The zero-order valence-electron chi connectivity index (χ0n) is 16.7. The van der Waals surface area contributed by atoms with E-state index in [9.17, 15) is 4.79 Å². The second kappa shape index (κ2) is 9.49. The number of ether oxygens (including phenoxy) is 2. The molecule has 1 amide bonds. The molecule has 7 heteroatoms. The van der Waals surface area contributed by atoms with Gasteiger partial charge < -0.3 is 14.4 Å². The Labute approximate surface area is 184 Å². The number of nitrogens with zero attached hydrogens (tertiary/aromatic N) is 2. The summed E-state index contributed by atoms with van der Waals surface area (Å²) in [6, 6.07) is 10.2. The van der Waals surface area contributed by atoms with Gasteiger partial charge in [-0.2, -0.15) is 0 Å². The Bertz CT molecular complexity index is 842. The second-order valence-corrected chi connectivity index (χ2v) is 10.2. The molecule has 1 aliphatic carbocycles. The quantitative estimate of drug-likeness (QED) is 0.597. The smallest absolute Gasteiger partial charge is 0.254 e. The molecular formula is C22H27BrN2O3S. The first-order chi connectivity index (χ1) is 14.1. The monoisotopic (exact) mass is 478 g/mol. The van der Waals surface area contributed by atoms with Gasteiger partial charge in [-0.15, -0.1) is 11.3 Å². The molecule has 0 spiro atoms. The summed E-state index contributed by atoms with van der Waals surface area (Å²) in [6.45, 7) is 4.02. The molecule has 2 aliphatic rings. The van der Waals surface area contributed by atoms with Gasteiger partial charge in [-0.25, -0.2) is 0 Å². The first-order valence-corrected chi connectivity index (χ1v) is 11.8. The zero-order chi connectivity index (χ0) is 20.2. The summed E-state index contributed by atoms with van der Waals surface area (Å²) in [6.07, 6.45) is 5.33. The van der Waals surface area contributed by atoms with Gasteiger partial charge in [0.15, 0.2) is 11.5 Å². The van der Waals surface area contributed by atoms with Gasteiger partial charge in [0.2, 0.25) is 0 Å². The number of hydrogen-bond acceptors (Lipinski definition) is 5. The molecule has 2 fully saturated rings. The number of halogens is 1. The molecule has 2 aromatic rings. The average Bonchev–Trinajstić information content (AvgIpc) is 3.44. The normalized spacial score (nSPS) is 18.2. The Hall–Kier alpha value is -1.57. The van der Waals surface area contributed by atoms with E-state index in [1.807, 2.05) is 29.2 Å². The Balaban J connectivity index is 1.37. The summed E-state index contributed by atoms with van der Waals surface area (Å²) in [5.41, 5.74) is 0.655. The van der Waals surface area contributed by atoms with Crippen molar-refractivity contribution in [1.29, 1.82) is 0 Å². The number of carbonyl (C=O) groups is 1. The van der Waals surface area contributed by atoms with E-state index < -0.39 is 0 Å². The van der Waals surface area contributed by atoms with Gasteiger partial charge in [-0.3, -0.25) is 9.69 Å². The lowest BCUT2D eigenvalue weighted by molar-refractivity contribution is 0.0573. The first kappa shape index (κ1) is 20.7. The van der Waals surface area contributed by atoms with Gasteiger partial charge in [0.1, 0.15) is 6.61 Å². The van der Waals surface area contributed by atoms with E-state index in [1.165, 1.54) is 25.7 Å². The molecule has 0 N–H and O–H groups in total. The van der Waals surface area contributed by atoms with Crippen LogP contribution in [0.15, 0.2) is 34.1 Å². The Morgan fingerprint density at radius 1 is 1.10 bits per heavy atom. The van der Waals surface area contributed by atoms with Crippen molar-refractivity contribution >= 4 is 33.2 Å². The third-order valence-corrected chi connectivity index (χ3v) is 7.45. The SMILES string of the molecule is COc1cc(C(=O)N2CCN(C3CCCC3)CC2)ccc1OCc1ccc(Br)s1. The van der Waals surface area contributed by atoms with Crippen LogP contribution in [0.25, 0.3) is 0 Å². The molecule has 2 heterocycles. The standard InChI is InChI=1S/C22H27BrN2O3S/c1-27-20-14-16(6-8-19(20)28-15-18-7-9-21(23)29-18)22(26)25-12-10-24(11-13-25)17-4-2-3-5-17/h6-9,14,17H,2-5,10-13,15H2,1H3. The maximum absolute atomic E-state index is 13.0. The van der Waals surface area contributed by atoms with Crippen molar-refractivity contribution < 1.29 is 14.3 Å². The van der Waals surface area contributed by atoms with Crippen LogP contribution in [0.4, 0.5) is 0 Å². The Morgan fingerprint density at radius 3 is 2.52 bits per heavy atom. The molecule has 1 aliphatic heterocycles. The zero-order valence-corrected chi connectivity index (χ0v) is 19.1. The summed E-state index contributed by atoms with van der Waals surface area (Å²) in [4.78, 5) is 18.6. The number of thiophene rings is 1. The second-order valence-electron chi connectivity index (χ2n) is 7.63. The van der Waals surface area contributed by atoms with E-state index in [1.54, 1.807) is 24.5 Å². The van der Waals surface area contributed by atoms with Crippen LogP contribution in [0.5, 0.6) is 11.5 Å². The molecule has 0 radical (unpaired) electrons. The molecule has 1 saturated heterocycles. The third kappa shape index (κ3) is 4.95. The summed E-state index contributed by atoms with van der Waals surface area (Å²) in [5, 5.41) is 0. The average molecular weight is 479 g/mol. The summed E-state index contributed by atoms with van der Waals surface area (Å²) in [7, 11) is 1.61. The minimum absolute atomic E-state index is 0.0723. The molecule has 1 saturated carbocycles. The van der Waals surface area contributed by atoms with Gasteiger partial charge in [0, 0.05) is 42.7 Å². The highest BCUT2D eigenvalue weighted by Crippen LogP contribution is 2.31. The number of piperazine rings is 1. The maximum Gasteiger partial charge on any atom is 0.254 e. The van der Waals surface area contributed by atoms with Gasteiger partial charge in [0.05, 0.1) is 10.9 Å². The van der Waals surface area contributed by atoms with E-state index in [0.29, 0.717) is 23.7 Å². The number of rotatable bonds is 6. The fraction of sp³-hybridized carbons (Fsp3) is 0.500. The predicted octanol–water partition coefficient (Wildman–Crippen LogP) is 4.80. The first-order valence-electron chi connectivity index (χ1n) is 10.2. The van der Waals surface area contributed by atoms with E-state index >= 15 is 0 Å². The van der Waals surface area contributed by atoms with Crippen LogP contribution >= 0.6 is 27.3 Å². The van der Waals surface area contributed by atoms with Crippen LogP contribution in [0.2, 0.25) is 0 Å². The molecule has 5 nitrogen and oxygen atoms in total. The van der Waals surface area contributed by atoms with Crippen LogP contribution < -0.4 is 9.47 Å². The minimum atomic E-state index is 0.0723. The van der Waals surface area contributed by atoms with Crippen LogP contribution in [0.3, 0.4) is 0 Å². The van der Waals surface area contributed by atoms with Crippen LogP contribution in [-0.2, 0) is 6.61 Å². The molecule has 0 atom stereocenters. The van der Waals surface area contributed by atoms with Crippen molar-refractivity contribution in [2.24, 2.45) is 0 Å². The lowest BCUT2D eigenvalue weighted by Crippen LogP contribution is -2.51. The number of methoxy groups -OCH3 is 1. The third-order valence-electron chi connectivity index (χ3n) is 5.85. The number of amides is 1. The largest absolute Gasteiger partial charge is 0.493 e. The fourth-order valence-corrected chi connectivity index (χ4v) is 5.64. The summed E-state index contributed by atoms with van der Waals surface area (Å²) >= 11 is 5.11. The summed E-state index contributed by atoms with van der Waals surface area (Å²) < 4.78 is 12.5. The molecule has 0 unspecified atom stereocenters. The van der Waals surface area contributed by atoms with Gasteiger partial charge in [0.25, 0.3) is 5.91 Å². The maximum atomic E-state index is 13.0. The topological polar surface area (TPSA) is 42.0 Å². The lowest BCUT2D eigenvalue weighted by Gasteiger charge is -2.38. The van der Waals surface area contributed by atoms with Crippen LogP contribution in [-0.4, -0.2) is 55.0 Å². The number of benzene rings is 1. The van der Waals surface area contributed by atoms with E-state index in [0.717, 1.165) is 40.9 Å². The highest BCUT2D eigenvalue weighted by atomic mass is 79.9. The van der Waals surface area contributed by atoms with Crippen molar-refractivity contribution in [3.05, 3.63) is 44.6 Å². The van der Waals surface area contributed by atoms with Crippen molar-refractivity contribution in [1.82, 2.24) is 9.80 Å². The number of carbonyl (C=O) groups excluding carboxylic acids is 1. The van der Waals surface area contributed by atoms with Crippen LogP contribution in [0.1, 0.15) is 40.9 Å². The predicted molar refractivity (Wildman–Crippen MR) is 119 cm³/mol. The molecule has 29 heavy (non-hydrogen) atoms. The summed E-state index contributed by atoms with van der Waals surface area (Å²) in [5.74, 6) is 1.32.